The summed E-state index contributed by atoms with van der Waals surface area (Å²) in [6.45, 7) is 0.456. The molecule has 0 bridgehead atoms. The summed E-state index contributed by atoms with van der Waals surface area (Å²) in [6.07, 6.45) is 6.80. The number of aromatic nitrogens is 3. The Morgan fingerprint density at radius 2 is 2.23 bits per heavy atom. The molecule has 1 N–H and O–H groups in total. The summed E-state index contributed by atoms with van der Waals surface area (Å²) in [5, 5.41) is 7.75. The van der Waals surface area contributed by atoms with E-state index in [4.69, 9.17) is 4.42 Å². The fraction of sp³-hybridized carbons (Fsp3) is 0.133. The van der Waals surface area contributed by atoms with Gasteiger partial charge in [-0.3, -0.25) is 4.79 Å². The number of carbonyl (C=O) groups excluding carboxylic acids is 1. The molecule has 7 heteroatoms. The second-order valence-corrected chi connectivity index (χ2v) is 5.26. The molecule has 0 atom stereocenters. The number of nitrogens with one attached hydrogen (secondary N) is 1. The fourth-order valence-corrected chi connectivity index (χ4v) is 2.57. The van der Waals surface area contributed by atoms with Crippen molar-refractivity contribution in [2.24, 2.45) is 0 Å². The van der Waals surface area contributed by atoms with Crippen LogP contribution in [0.4, 0.5) is 5.82 Å². The van der Waals surface area contributed by atoms with E-state index in [1.54, 1.807) is 41.5 Å². The van der Waals surface area contributed by atoms with Crippen LogP contribution in [0.5, 0.6) is 0 Å². The number of amides is 1. The van der Waals surface area contributed by atoms with Crippen molar-refractivity contribution in [2.45, 2.75) is 11.6 Å². The third-order valence-corrected chi connectivity index (χ3v) is 3.76. The molecule has 3 aromatic heterocycles. The van der Waals surface area contributed by atoms with E-state index in [0.29, 0.717) is 23.0 Å². The van der Waals surface area contributed by atoms with Crippen molar-refractivity contribution in [3.05, 3.63) is 60.3 Å². The number of furan rings is 1. The van der Waals surface area contributed by atoms with Gasteiger partial charge in [0.2, 0.25) is 0 Å². The Morgan fingerprint density at radius 1 is 1.32 bits per heavy atom. The van der Waals surface area contributed by atoms with E-state index in [1.165, 1.54) is 11.8 Å². The zero-order valence-corrected chi connectivity index (χ0v) is 12.7. The Balaban J connectivity index is 1.79. The molecule has 0 saturated carbocycles. The zero-order chi connectivity index (χ0) is 15.4. The van der Waals surface area contributed by atoms with Gasteiger partial charge in [-0.05, 0) is 30.5 Å². The molecule has 22 heavy (non-hydrogen) atoms. The average Bonchev–Trinajstić information content (AvgIpc) is 3.20. The molecule has 0 aliphatic carbocycles. The molecule has 112 valence electrons. The zero-order valence-electron chi connectivity index (χ0n) is 11.9. The van der Waals surface area contributed by atoms with Crippen molar-refractivity contribution in [1.82, 2.24) is 14.8 Å². The van der Waals surface area contributed by atoms with E-state index >= 15 is 0 Å². The molecule has 0 radical (unpaired) electrons. The average molecular weight is 314 g/mol. The van der Waals surface area contributed by atoms with Gasteiger partial charge < -0.3 is 9.73 Å². The van der Waals surface area contributed by atoms with E-state index in [-0.39, 0.29) is 5.91 Å². The topological polar surface area (TPSA) is 73.0 Å². The lowest BCUT2D eigenvalue weighted by molar-refractivity contribution is 0.102. The van der Waals surface area contributed by atoms with Gasteiger partial charge in [-0.2, -0.15) is 5.10 Å². The highest BCUT2D eigenvalue weighted by Gasteiger charge is 2.14. The van der Waals surface area contributed by atoms with Crippen molar-refractivity contribution < 1.29 is 9.21 Å². The standard InChI is InChI=1S/C15H14N4O2S/c1-22-15-12(5-2-7-16-15)14(20)18-13-6-8-17-19(13)10-11-4-3-9-21-11/h2-9H,10H2,1H3,(H,18,20). The Kier molecular flexibility index (Phi) is 4.24. The number of hydrogen-bond donors (Lipinski definition) is 1. The maximum atomic E-state index is 12.4. The third kappa shape index (κ3) is 3.04. The number of nitrogens with zero attached hydrogens (tertiary/aromatic N) is 3. The van der Waals surface area contributed by atoms with Crippen LogP contribution in [0.15, 0.2) is 58.4 Å². The highest BCUT2D eigenvalue weighted by Crippen LogP contribution is 2.19. The van der Waals surface area contributed by atoms with Crippen LogP contribution >= 0.6 is 11.8 Å². The molecule has 6 nitrogen and oxygen atoms in total. The minimum Gasteiger partial charge on any atom is -0.467 e. The van der Waals surface area contributed by atoms with E-state index in [9.17, 15) is 4.79 Å². The lowest BCUT2D eigenvalue weighted by Crippen LogP contribution is -2.17. The van der Waals surface area contributed by atoms with Gasteiger partial charge in [-0.1, -0.05) is 0 Å². The summed E-state index contributed by atoms with van der Waals surface area (Å²) in [7, 11) is 0. The fourth-order valence-electron chi connectivity index (χ4n) is 2.02. The molecule has 0 unspecified atom stereocenters. The molecule has 0 saturated heterocycles. The van der Waals surface area contributed by atoms with Crippen molar-refractivity contribution in [3.8, 4) is 0 Å². The Morgan fingerprint density at radius 3 is 3.00 bits per heavy atom. The molecule has 3 heterocycles. The summed E-state index contributed by atoms with van der Waals surface area (Å²) in [4.78, 5) is 16.6. The molecular formula is C15H14N4O2S. The first-order valence-electron chi connectivity index (χ1n) is 6.62. The molecular weight excluding hydrogens is 300 g/mol. The van der Waals surface area contributed by atoms with Gasteiger partial charge in [-0.15, -0.1) is 11.8 Å². The van der Waals surface area contributed by atoms with Crippen LogP contribution in [0.25, 0.3) is 0 Å². The molecule has 3 aromatic rings. The largest absolute Gasteiger partial charge is 0.467 e. The summed E-state index contributed by atoms with van der Waals surface area (Å²) in [6, 6.07) is 8.92. The number of thioether (sulfide) groups is 1. The lowest BCUT2D eigenvalue weighted by atomic mass is 10.2. The van der Waals surface area contributed by atoms with Gasteiger partial charge >= 0.3 is 0 Å². The number of pyridine rings is 1. The van der Waals surface area contributed by atoms with Crippen LogP contribution in [0, 0.1) is 0 Å². The number of carbonyl (C=O) groups is 1. The Hall–Kier alpha value is -2.54. The maximum absolute atomic E-state index is 12.4. The summed E-state index contributed by atoms with van der Waals surface area (Å²) < 4.78 is 6.97. The summed E-state index contributed by atoms with van der Waals surface area (Å²) in [5.41, 5.74) is 0.542. The summed E-state index contributed by atoms with van der Waals surface area (Å²) >= 11 is 1.43. The van der Waals surface area contributed by atoms with Gasteiger partial charge in [0.1, 0.15) is 23.1 Å². The molecule has 0 aliphatic heterocycles. The van der Waals surface area contributed by atoms with Gasteiger partial charge in [0, 0.05) is 12.3 Å². The van der Waals surface area contributed by atoms with E-state index in [2.05, 4.69) is 15.4 Å². The third-order valence-electron chi connectivity index (χ3n) is 3.05. The molecule has 0 aromatic carbocycles. The lowest BCUT2D eigenvalue weighted by Gasteiger charge is -2.09. The first kappa shape index (κ1) is 14.4. The van der Waals surface area contributed by atoms with Crippen LogP contribution < -0.4 is 5.32 Å². The predicted molar refractivity (Wildman–Crippen MR) is 84.0 cm³/mol. The Bertz CT molecular complexity index is 767. The van der Waals surface area contributed by atoms with Crippen LogP contribution in [-0.2, 0) is 6.54 Å². The highest BCUT2D eigenvalue weighted by atomic mass is 32.2. The monoisotopic (exact) mass is 314 g/mol. The first-order valence-corrected chi connectivity index (χ1v) is 7.85. The van der Waals surface area contributed by atoms with Gasteiger partial charge in [-0.25, -0.2) is 9.67 Å². The van der Waals surface area contributed by atoms with Crippen molar-refractivity contribution in [2.75, 3.05) is 11.6 Å². The maximum Gasteiger partial charge on any atom is 0.259 e. The van der Waals surface area contributed by atoms with Crippen LogP contribution in [0.1, 0.15) is 16.1 Å². The highest BCUT2D eigenvalue weighted by molar-refractivity contribution is 7.98. The second-order valence-electron chi connectivity index (χ2n) is 4.47. The molecule has 3 rings (SSSR count). The molecule has 0 spiro atoms. The van der Waals surface area contributed by atoms with Crippen molar-refractivity contribution >= 4 is 23.5 Å². The van der Waals surface area contributed by atoms with Crippen LogP contribution in [0.3, 0.4) is 0 Å². The first-order chi connectivity index (χ1) is 10.8. The van der Waals surface area contributed by atoms with Crippen molar-refractivity contribution in [1.29, 1.82) is 0 Å². The second kappa shape index (κ2) is 6.48. The van der Waals surface area contributed by atoms with Crippen LogP contribution in [0.2, 0.25) is 0 Å². The van der Waals surface area contributed by atoms with Gasteiger partial charge in [0.25, 0.3) is 5.91 Å². The molecule has 1 amide bonds. The number of anilines is 1. The number of hydrogen-bond acceptors (Lipinski definition) is 5. The molecule has 0 fully saturated rings. The minimum atomic E-state index is -0.210. The normalized spacial score (nSPS) is 10.6. The van der Waals surface area contributed by atoms with E-state index in [1.807, 2.05) is 18.4 Å². The van der Waals surface area contributed by atoms with E-state index in [0.717, 1.165) is 5.76 Å². The smallest absolute Gasteiger partial charge is 0.259 e. The van der Waals surface area contributed by atoms with Gasteiger partial charge in [0.15, 0.2) is 0 Å². The molecule has 0 aliphatic rings. The van der Waals surface area contributed by atoms with E-state index < -0.39 is 0 Å². The SMILES string of the molecule is CSc1ncccc1C(=O)Nc1ccnn1Cc1ccco1. The minimum absolute atomic E-state index is 0.210. The quantitative estimate of drug-likeness (QED) is 0.733. The Labute approximate surface area is 131 Å². The van der Waals surface area contributed by atoms with Gasteiger partial charge in [0.05, 0.1) is 18.0 Å². The van der Waals surface area contributed by atoms with Crippen LogP contribution in [-0.4, -0.2) is 26.9 Å². The predicted octanol–water partition coefficient (Wildman–Crippen LogP) is 2.89. The summed E-state index contributed by atoms with van der Waals surface area (Å²) in [5.74, 6) is 1.17. The van der Waals surface area contributed by atoms with Crippen molar-refractivity contribution in [3.63, 3.8) is 0 Å². The number of rotatable bonds is 5.